The summed E-state index contributed by atoms with van der Waals surface area (Å²) in [6, 6.07) is 0. The number of ether oxygens (including phenoxy) is 2. The lowest BCUT2D eigenvalue weighted by Gasteiger charge is -2.20. The summed E-state index contributed by atoms with van der Waals surface area (Å²) in [5.74, 6) is -0.445. The predicted molar refractivity (Wildman–Crippen MR) is 214 cm³/mol. The fourth-order valence-corrected chi connectivity index (χ4v) is 5.43. The Morgan fingerprint density at radius 1 is 0.615 bits per heavy atom. The standard InChI is InChI=1S/C42H71O9P/c1-3-5-7-9-11-13-14-15-16-17-18-19-20-21-22-23-24-25-26-27-28-30-32-34-42(45)51-41(39-50-52(46,47)49-37-40(44)36-43)38-48-35-33-31-29-12-10-8-6-4-2/h5,7,11,13,15-16,18-19,21-22,24-25,27-28,40-41,43-44H,3-4,6,8-10,12,14,17,20,23,26,29-39H2,1-2H3,(H,46,47)/b7-5-,13-11-,16-15-,19-18-,22-21-,25-24-,28-27-. The van der Waals surface area contributed by atoms with Crippen LogP contribution in [0.5, 0.6) is 0 Å². The Labute approximate surface area is 315 Å². The number of aliphatic hydroxyl groups excluding tert-OH is 2. The minimum absolute atomic E-state index is 0.0212. The molecule has 0 fully saturated rings. The second kappa shape index (κ2) is 38.4. The maximum absolute atomic E-state index is 12.5. The summed E-state index contributed by atoms with van der Waals surface area (Å²) in [7, 11) is -4.53. The van der Waals surface area contributed by atoms with E-state index >= 15 is 0 Å². The van der Waals surface area contributed by atoms with Crippen molar-refractivity contribution in [2.45, 2.75) is 142 Å². The van der Waals surface area contributed by atoms with Crippen LogP contribution in [0, 0.1) is 0 Å². The largest absolute Gasteiger partial charge is 0.472 e. The third kappa shape index (κ3) is 37.4. The molecule has 0 rings (SSSR count). The van der Waals surface area contributed by atoms with E-state index in [1.807, 2.05) is 6.08 Å². The van der Waals surface area contributed by atoms with Crippen molar-refractivity contribution in [3.05, 3.63) is 85.1 Å². The van der Waals surface area contributed by atoms with Gasteiger partial charge in [-0.1, -0.05) is 144 Å². The molecule has 0 aromatic carbocycles. The second-order valence-corrected chi connectivity index (χ2v) is 14.0. The molecule has 3 N–H and O–H groups in total. The Bertz CT molecular complexity index is 1080. The molecule has 9 nitrogen and oxygen atoms in total. The maximum Gasteiger partial charge on any atom is 0.472 e. The van der Waals surface area contributed by atoms with Crippen molar-refractivity contribution in [3.8, 4) is 0 Å². The monoisotopic (exact) mass is 750 g/mol. The number of aliphatic hydroxyl groups is 2. The molecule has 3 atom stereocenters. The molecule has 0 aliphatic rings. The molecule has 298 valence electrons. The Morgan fingerprint density at radius 3 is 1.58 bits per heavy atom. The smallest absolute Gasteiger partial charge is 0.457 e. The zero-order valence-electron chi connectivity index (χ0n) is 32.2. The summed E-state index contributed by atoms with van der Waals surface area (Å²) < 4.78 is 33.1. The second-order valence-electron chi connectivity index (χ2n) is 12.6. The summed E-state index contributed by atoms with van der Waals surface area (Å²) in [4.78, 5) is 22.4. The van der Waals surface area contributed by atoms with E-state index in [9.17, 15) is 19.4 Å². The molecule has 0 saturated carbocycles. The van der Waals surface area contributed by atoms with Crippen LogP contribution in [-0.2, 0) is 27.9 Å². The van der Waals surface area contributed by atoms with Crippen LogP contribution >= 0.6 is 7.82 Å². The third-order valence-electron chi connectivity index (χ3n) is 7.60. The number of phosphoric ester groups is 1. The quantitative estimate of drug-likeness (QED) is 0.0248. The highest BCUT2D eigenvalue weighted by atomic mass is 31.2. The number of allylic oxidation sites excluding steroid dienone is 14. The summed E-state index contributed by atoms with van der Waals surface area (Å²) >= 11 is 0. The molecule has 0 aromatic heterocycles. The van der Waals surface area contributed by atoms with Crippen LogP contribution in [-0.4, -0.2) is 66.3 Å². The van der Waals surface area contributed by atoms with Crippen molar-refractivity contribution in [1.82, 2.24) is 0 Å². The molecule has 0 bridgehead atoms. The van der Waals surface area contributed by atoms with Crippen LogP contribution in [0.1, 0.15) is 129 Å². The number of carbonyl (C=O) groups is 1. The van der Waals surface area contributed by atoms with Gasteiger partial charge in [-0.15, -0.1) is 0 Å². The summed E-state index contributed by atoms with van der Waals surface area (Å²) in [5.41, 5.74) is 0. The number of hydrogen-bond acceptors (Lipinski definition) is 8. The maximum atomic E-state index is 12.5. The van der Waals surface area contributed by atoms with Crippen molar-refractivity contribution >= 4 is 13.8 Å². The van der Waals surface area contributed by atoms with Crippen molar-refractivity contribution in [1.29, 1.82) is 0 Å². The average molecular weight is 751 g/mol. The first-order chi connectivity index (χ1) is 25.3. The molecule has 0 aromatic rings. The minimum atomic E-state index is -4.53. The van der Waals surface area contributed by atoms with E-state index in [1.54, 1.807) is 0 Å². The van der Waals surface area contributed by atoms with Gasteiger partial charge in [0.15, 0.2) is 0 Å². The molecule has 0 heterocycles. The molecule has 0 saturated heterocycles. The number of rotatable bonds is 36. The average Bonchev–Trinajstić information content (AvgIpc) is 3.13. The number of unbranched alkanes of at least 4 members (excludes halogenated alkanes) is 8. The number of phosphoric acid groups is 1. The zero-order valence-corrected chi connectivity index (χ0v) is 33.1. The van der Waals surface area contributed by atoms with E-state index in [0.717, 1.165) is 70.6 Å². The first-order valence-electron chi connectivity index (χ1n) is 19.6. The molecule has 0 aliphatic carbocycles. The van der Waals surface area contributed by atoms with Gasteiger partial charge in [0.05, 0.1) is 26.4 Å². The topological polar surface area (TPSA) is 132 Å². The van der Waals surface area contributed by atoms with Gasteiger partial charge in [0.25, 0.3) is 0 Å². The Balaban J connectivity index is 4.29. The molecular formula is C42H71O9P. The van der Waals surface area contributed by atoms with Gasteiger partial charge < -0.3 is 24.6 Å². The predicted octanol–water partition coefficient (Wildman–Crippen LogP) is 10.4. The lowest BCUT2D eigenvalue weighted by molar-refractivity contribution is -0.154. The van der Waals surface area contributed by atoms with E-state index < -0.39 is 45.8 Å². The Hall–Kier alpha value is -2.36. The lowest BCUT2D eigenvalue weighted by Crippen LogP contribution is -2.29. The van der Waals surface area contributed by atoms with E-state index in [2.05, 4.69) is 92.8 Å². The SMILES string of the molecule is CC/C=C\C/C=C\C/C=C\C/C=C\C/C=C\C/C=C\C/C=C\CCCC(=O)OC(COCCCCCCCCCC)COP(=O)(O)OCC(O)CO. The number of hydrogen-bond donors (Lipinski definition) is 3. The fraction of sp³-hybridized carbons (Fsp3) is 0.643. The van der Waals surface area contributed by atoms with Crippen molar-refractivity contribution < 1.29 is 43.0 Å². The van der Waals surface area contributed by atoms with Gasteiger partial charge in [0.2, 0.25) is 0 Å². The van der Waals surface area contributed by atoms with Gasteiger partial charge in [-0.2, -0.15) is 0 Å². The van der Waals surface area contributed by atoms with Crippen molar-refractivity contribution in [3.63, 3.8) is 0 Å². The first-order valence-corrected chi connectivity index (χ1v) is 21.1. The molecule has 0 amide bonds. The molecular weight excluding hydrogens is 679 g/mol. The van der Waals surface area contributed by atoms with Crippen LogP contribution in [0.15, 0.2) is 85.1 Å². The molecule has 0 spiro atoms. The molecule has 0 aliphatic heterocycles. The van der Waals surface area contributed by atoms with Crippen LogP contribution in [0.3, 0.4) is 0 Å². The van der Waals surface area contributed by atoms with Crippen LogP contribution in [0.2, 0.25) is 0 Å². The summed E-state index contributed by atoms with van der Waals surface area (Å²) in [6.45, 7) is 3.26. The summed E-state index contributed by atoms with van der Waals surface area (Å²) in [6.07, 6.45) is 45.6. The zero-order chi connectivity index (χ0) is 38.2. The van der Waals surface area contributed by atoms with E-state index in [1.165, 1.54) is 32.1 Å². The molecule has 52 heavy (non-hydrogen) atoms. The van der Waals surface area contributed by atoms with E-state index in [-0.39, 0.29) is 13.0 Å². The summed E-state index contributed by atoms with van der Waals surface area (Å²) in [5, 5.41) is 18.3. The molecule has 10 heteroatoms. The van der Waals surface area contributed by atoms with E-state index in [4.69, 9.17) is 23.6 Å². The van der Waals surface area contributed by atoms with Gasteiger partial charge >= 0.3 is 13.8 Å². The number of esters is 1. The normalized spacial score (nSPS) is 15.1. The fourth-order valence-electron chi connectivity index (χ4n) is 4.64. The van der Waals surface area contributed by atoms with E-state index in [0.29, 0.717) is 13.0 Å². The van der Waals surface area contributed by atoms with Crippen LogP contribution in [0.4, 0.5) is 0 Å². The van der Waals surface area contributed by atoms with Gasteiger partial charge in [-0.05, 0) is 64.2 Å². The highest BCUT2D eigenvalue weighted by molar-refractivity contribution is 7.47. The highest BCUT2D eigenvalue weighted by Gasteiger charge is 2.26. The highest BCUT2D eigenvalue weighted by Crippen LogP contribution is 2.43. The van der Waals surface area contributed by atoms with Crippen LogP contribution < -0.4 is 0 Å². The number of carbonyl (C=O) groups excluding carboxylic acids is 1. The molecule has 3 unspecified atom stereocenters. The van der Waals surface area contributed by atoms with Crippen molar-refractivity contribution in [2.75, 3.05) is 33.0 Å². The minimum Gasteiger partial charge on any atom is -0.457 e. The Kier molecular flexibility index (Phi) is 36.6. The van der Waals surface area contributed by atoms with Gasteiger partial charge in [-0.3, -0.25) is 13.8 Å². The lowest BCUT2D eigenvalue weighted by atomic mass is 10.1. The van der Waals surface area contributed by atoms with Gasteiger partial charge in [0, 0.05) is 13.0 Å². The molecule has 0 radical (unpaired) electrons. The third-order valence-corrected chi connectivity index (χ3v) is 8.55. The Morgan fingerprint density at radius 2 is 1.08 bits per heavy atom. The van der Waals surface area contributed by atoms with Crippen LogP contribution in [0.25, 0.3) is 0 Å². The first kappa shape index (κ1) is 49.6. The van der Waals surface area contributed by atoms with Gasteiger partial charge in [-0.25, -0.2) is 4.57 Å². The van der Waals surface area contributed by atoms with Gasteiger partial charge in [0.1, 0.15) is 12.2 Å². The van der Waals surface area contributed by atoms with Crippen molar-refractivity contribution in [2.24, 2.45) is 0 Å².